The molecule has 0 aliphatic carbocycles. The van der Waals surface area contributed by atoms with Crippen molar-refractivity contribution in [2.75, 3.05) is 34.4 Å². The van der Waals surface area contributed by atoms with Gasteiger partial charge >= 0.3 is 12.1 Å². The van der Waals surface area contributed by atoms with Gasteiger partial charge in [-0.3, -0.25) is 14.7 Å². The van der Waals surface area contributed by atoms with Gasteiger partial charge in [-0.05, 0) is 93.0 Å². The van der Waals surface area contributed by atoms with Crippen LogP contribution in [0.5, 0.6) is 0 Å². The van der Waals surface area contributed by atoms with Crippen molar-refractivity contribution >= 4 is 17.8 Å². The maximum Gasteiger partial charge on any atom is 0.411 e. The Labute approximate surface area is 355 Å². The number of nitrogens with zero attached hydrogens (tertiary/aromatic N) is 3. The Morgan fingerprint density at radius 2 is 1.63 bits per heavy atom. The summed E-state index contributed by atoms with van der Waals surface area (Å²) < 4.78 is 46.4. The molecule has 1 amide bonds. The summed E-state index contributed by atoms with van der Waals surface area (Å²) in [6.07, 6.45) is 1.26. The molecule has 5 aliphatic heterocycles. The minimum atomic E-state index is -1.15. The van der Waals surface area contributed by atoms with Crippen molar-refractivity contribution in [2.45, 2.75) is 199 Å². The highest BCUT2D eigenvalue weighted by Gasteiger charge is 2.62. The normalized spacial score (nSPS) is 45.8. The molecular formula is C46H79N3O10. The molecule has 0 aromatic carbocycles. The SMILES string of the molecule is C=CCCN(C)[C@@H]1C[C@H](O[C@@H]2[C@@H](C)C([C@H]3C[C@@](C)(OC)[C@@H](O)[C@H](C)O3)[C@@H](C)C(=O)O[C@H](CC)[C@@]3(C)OC(=O)N4CC(C)(C)N=C([C@H](C)C[C@@]2(C)OC)[C@H](C)[C@@H]43)O[C@H](C)C1. The van der Waals surface area contributed by atoms with E-state index in [1.54, 1.807) is 14.2 Å². The van der Waals surface area contributed by atoms with E-state index in [9.17, 15) is 14.7 Å². The van der Waals surface area contributed by atoms with Gasteiger partial charge in [0.15, 0.2) is 11.9 Å². The summed E-state index contributed by atoms with van der Waals surface area (Å²) in [5, 5.41) is 11.3. The van der Waals surface area contributed by atoms with E-state index in [1.165, 1.54) is 0 Å². The molecule has 338 valence electrons. The highest BCUT2D eigenvalue weighted by molar-refractivity contribution is 5.91. The third kappa shape index (κ3) is 9.47. The number of hydrogen-bond acceptors (Lipinski definition) is 12. The molecule has 5 aliphatic rings. The first-order valence-corrected chi connectivity index (χ1v) is 22.3. The minimum absolute atomic E-state index is 0.0504. The van der Waals surface area contributed by atoms with Gasteiger partial charge in [-0.2, -0.15) is 0 Å². The summed E-state index contributed by atoms with van der Waals surface area (Å²) >= 11 is 0. The van der Waals surface area contributed by atoms with Crippen LogP contribution in [-0.4, -0.2) is 144 Å². The Hall–Kier alpha value is -2.13. The first-order chi connectivity index (χ1) is 27.5. The van der Waals surface area contributed by atoms with E-state index in [1.807, 2.05) is 45.6 Å². The number of cyclic esters (lactones) is 1. The van der Waals surface area contributed by atoms with Gasteiger partial charge in [-0.15, -0.1) is 6.58 Å². The zero-order valence-corrected chi connectivity index (χ0v) is 39.0. The molecule has 4 fully saturated rings. The highest BCUT2D eigenvalue weighted by atomic mass is 16.7. The number of carbonyl (C=O) groups excluding carboxylic acids is 2. The van der Waals surface area contributed by atoms with Gasteiger partial charge in [0.25, 0.3) is 0 Å². The fourth-order valence-electron chi connectivity index (χ4n) is 11.7. The van der Waals surface area contributed by atoms with Crippen molar-refractivity contribution in [3.05, 3.63) is 12.7 Å². The lowest BCUT2D eigenvalue weighted by atomic mass is 9.67. The fraction of sp³-hybridized carbons (Fsp3) is 0.891. The summed E-state index contributed by atoms with van der Waals surface area (Å²) in [6.45, 7) is 29.4. The molecule has 2 bridgehead atoms. The van der Waals surface area contributed by atoms with Gasteiger partial charge in [0.1, 0.15) is 12.2 Å². The van der Waals surface area contributed by atoms with Gasteiger partial charge in [0.2, 0.25) is 0 Å². The lowest BCUT2D eigenvalue weighted by Gasteiger charge is -2.52. The van der Waals surface area contributed by atoms with Gasteiger partial charge in [-0.1, -0.05) is 40.7 Å². The minimum Gasteiger partial charge on any atom is -0.458 e. The molecular weight excluding hydrogens is 755 g/mol. The van der Waals surface area contributed by atoms with Crippen LogP contribution < -0.4 is 0 Å². The second-order valence-corrected chi connectivity index (χ2v) is 20.1. The van der Waals surface area contributed by atoms with Crippen LogP contribution in [0.1, 0.15) is 122 Å². The van der Waals surface area contributed by atoms with Crippen molar-refractivity contribution in [3.8, 4) is 0 Å². The Morgan fingerprint density at radius 1 is 0.966 bits per heavy atom. The molecule has 0 radical (unpaired) electrons. The molecule has 1 unspecified atom stereocenters. The van der Waals surface area contributed by atoms with E-state index < -0.39 is 89.1 Å². The lowest BCUT2D eigenvalue weighted by molar-refractivity contribution is -0.278. The molecule has 13 heteroatoms. The smallest absolute Gasteiger partial charge is 0.411 e. The number of aliphatic hydroxyl groups is 1. The number of rotatable bonds is 10. The molecule has 0 saturated carbocycles. The van der Waals surface area contributed by atoms with E-state index in [2.05, 4.69) is 67.0 Å². The number of methoxy groups -OCH3 is 2. The number of ether oxygens (including phenoxy) is 7. The molecule has 1 N–H and O–H groups in total. The van der Waals surface area contributed by atoms with Crippen LogP contribution in [0.2, 0.25) is 0 Å². The van der Waals surface area contributed by atoms with Crippen LogP contribution in [0.25, 0.3) is 0 Å². The van der Waals surface area contributed by atoms with Crippen molar-refractivity contribution in [3.63, 3.8) is 0 Å². The predicted octanol–water partition coefficient (Wildman–Crippen LogP) is 6.82. The van der Waals surface area contributed by atoms with Gasteiger partial charge in [0.05, 0.1) is 53.1 Å². The largest absolute Gasteiger partial charge is 0.458 e. The third-order valence-corrected chi connectivity index (χ3v) is 15.0. The summed E-state index contributed by atoms with van der Waals surface area (Å²) in [4.78, 5) is 38.5. The Morgan fingerprint density at radius 3 is 2.24 bits per heavy atom. The van der Waals surface area contributed by atoms with Gasteiger partial charge in [-0.25, -0.2) is 4.79 Å². The quantitative estimate of drug-likeness (QED) is 0.183. The van der Waals surface area contributed by atoms with Crippen LogP contribution in [0, 0.1) is 29.6 Å². The molecule has 17 atom stereocenters. The zero-order valence-electron chi connectivity index (χ0n) is 39.0. The summed E-state index contributed by atoms with van der Waals surface area (Å²) in [6, 6.07) is -0.215. The summed E-state index contributed by atoms with van der Waals surface area (Å²) in [5.74, 6) is -2.36. The van der Waals surface area contributed by atoms with Gasteiger partial charge in [0, 0.05) is 63.7 Å². The summed E-state index contributed by atoms with van der Waals surface area (Å²) in [7, 11) is 5.49. The second kappa shape index (κ2) is 18.3. The standard InChI is InChI=1S/C46H79N3O10/c1-17-19-20-48(14)32-21-27(4)55-35(22-32)58-40-28(5)36(33-24-44(11,53-15)39(50)31(8)56-33)29(6)41(51)57-34(18-2)46(13)38-30(7)37(26(3)23-45(40,12)54-16)47-43(9,10)25-49(38)42(52)59-46/h17,26-36,38-40,50H,1,18-25H2,2-16H3/t26-,27-,28+,29-,30+,31+,32+,33-,34-,35+,36?,38-,39+,40-,44-,45-,46-/m1/s1. The van der Waals surface area contributed by atoms with E-state index in [0.29, 0.717) is 32.2 Å². The molecule has 5 rings (SSSR count). The predicted molar refractivity (Wildman–Crippen MR) is 227 cm³/mol. The number of amides is 1. The van der Waals surface area contributed by atoms with Crippen LogP contribution in [0.3, 0.4) is 0 Å². The van der Waals surface area contributed by atoms with E-state index in [-0.39, 0.29) is 29.9 Å². The Balaban J connectivity index is 1.69. The van der Waals surface area contributed by atoms with Gasteiger partial charge < -0.3 is 43.2 Å². The highest BCUT2D eigenvalue weighted by Crippen LogP contribution is 2.48. The first kappa shape index (κ1) is 47.9. The molecule has 59 heavy (non-hydrogen) atoms. The van der Waals surface area contributed by atoms with E-state index >= 15 is 0 Å². The monoisotopic (exact) mass is 834 g/mol. The van der Waals surface area contributed by atoms with Crippen LogP contribution in [-0.2, 0) is 38.0 Å². The average molecular weight is 834 g/mol. The topological polar surface area (TPSA) is 138 Å². The second-order valence-electron chi connectivity index (χ2n) is 20.1. The Kier molecular flexibility index (Phi) is 14.9. The van der Waals surface area contributed by atoms with Crippen molar-refractivity contribution in [1.29, 1.82) is 0 Å². The Bertz CT molecular complexity index is 1530. The number of carbonyl (C=O) groups is 2. The maximum atomic E-state index is 14.9. The number of aliphatic imine (C=N–C) groups is 1. The fourth-order valence-corrected chi connectivity index (χ4v) is 11.7. The maximum absolute atomic E-state index is 14.9. The summed E-state index contributed by atoms with van der Waals surface area (Å²) in [5.41, 5.74) is -2.67. The molecule has 0 aromatic heterocycles. The van der Waals surface area contributed by atoms with Crippen molar-refractivity contribution < 1.29 is 47.9 Å². The van der Waals surface area contributed by atoms with Crippen molar-refractivity contribution in [2.24, 2.45) is 34.6 Å². The number of aliphatic hydroxyl groups excluding tert-OH is 1. The van der Waals surface area contributed by atoms with Crippen LogP contribution >= 0.6 is 0 Å². The molecule has 5 heterocycles. The molecule has 0 spiro atoms. The number of fused-ring (bicyclic) bond motifs is 1. The first-order valence-electron chi connectivity index (χ1n) is 22.3. The number of esters is 1. The van der Waals surface area contributed by atoms with Crippen LogP contribution in [0.15, 0.2) is 17.6 Å². The lowest BCUT2D eigenvalue weighted by Crippen LogP contribution is -2.61. The zero-order chi connectivity index (χ0) is 44.0. The third-order valence-electron chi connectivity index (χ3n) is 15.0. The molecule has 4 saturated heterocycles. The van der Waals surface area contributed by atoms with Crippen LogP contribution in [0.4, 0.5) is 4.79 Å². The van der Waals surface area contributed by atoms with E-state index in [4.69, 9.17) is 38.2 Å². The average Bonchev–Trinajstić information content (AvgIpc) is 3.35. The molecule has 13 nitrogen and oxygen atoms in total. The number of hydrogen-bond donors (Lipinski definition) is 1. The van der Waals surface area contributed by atoms with Crippen molar-refractivity contribution in [1.82, 2.24) is 9.80 Å². The van der Waals surface area contributed by atoms with E-state index in [0.717, 1.165) is 25.1 Å². The molecule has 0 aromatic rings.